The van der Waals surface area contributed by atoms with E-state index in [-0.39, 0.29) is 17.3 Å². The van der Waals surface area contributed by atoms with Crippen LogP contribution < -0.4 is 5.56 Å². The average Bonchev–Trinajstić information content (AvgIpc) is 2.30. The van der Waals surface area contributed by atoms with Crippen molar-refractivity contribution >= 4 is 38.5 Å². The van der Waals surface area contributed by atoms with Gasteiger partial charge in [0, 0.05) is 10.0 Å². The summed E-state index contributed by atoms with van der Waals surface area (Å²) >= 11 is 5.21. The van der Waals surface area contributed by atoms with E-state index in [1.807, 2.05) is 36.4 Å². The van der Waals surface area contributed by atoms with Crippen LogP contribution in [0.2, 0.25) is 0 Å². The molecule has 1 aromatic heterocycles. The number of halogens is 3. The van der Waals surface area contributed by atoms with Gasteiger partial charge in [0.2, 0.25) is 0 Å². The first-order valence-corrected chi connectivity index (χ1v) is 7.52. The molecule has 6 heteroatoms. The summed E-state index contributed by atoms with van der Waals surface area (Å²) in [5, 5.41) is 0. The van der Waals surface area contributed by atoms with Crippen LogP contribution in [0.5, 0.6) is 0 Å². The molecule has 19 heavy (non-hydrogen) atoms. The zero-order valence-electron chi connectivity index (χ0n) is 10.3. The van der Waals surface area contributed by atoms with Gasteiger partial charge in [-0.25, -0.2) is 9.37 Å². The van der Waals surface area contributed by atoms with E-state index in [0.717, 1.165) is 5.69 Å². The Morgan fingerprint density at radius 3 is 2.63 bits per heavy atom. The zero-order chi connectivity index (χ0) is 14.2. The molecular weight excluding hydrogens is 426 g/mol. The van der Waals surface area contributed by atoms with E-state index in [4.69, 9.17) is 0 Å². The summed E-state index contributed by atoms with van der Waals surface area (Å²) in [5.74, 6) is 0.135. The van der Waals surface area contributed by atoms with Gasteiger partial charge in [-0.1, -0.05) is 29.8 Å². The maximum atomic E-state index is 13.4. The van der Waals surface area contributed by atoms with E-state index >= 15 is 0 Å². The lowest BCUT2D eigenvalue weighted by atomic mass is 10.1. The Bertz CT molecular complexity index is 665. The third-order valence-electron chi connectivity index (χ3n) is 2.57. The van der Waals surface area contributed by atoms with E-state index < -0.39 is 0 Å². The molecule has 1 aromatic carbocycles. The second kappa shape index (κ2) is 5.70. The first-order valence-electron chi connectivity index (χ1n) is 5.64. The summed E-state index contributed by atoms with van der Waals surface area (Å²) in [6, 6.07) is 4.43. The van der Waals surface area contributed by atoms with E-state index in [9.17, 15) is 9.18 Å². The maximum absolute atomic E-state index is 13.4. The zero-order valence-corrected chi connectivity index (χ0v) is 14.0. The topological polar surface area (TPSA) is 45.8 Å². The van der Waals surface area contributed by atoms with E-state index in [1.54, 1.807) is 6.07 Å². The molecule has 100 valence electrons. The van der Waals surface area contributed by atoms with Crippen molar-refractivity contribution in [2.24, 2.45) is 0 Å². The summed E-state index contributed by atoms with van der Waals surface area (Å²) in [7, 11) is 0. The fourth-order valence-electron chi connectivity index (χ4n) is 1.69. The predicted octanol–water partition coefficient (Wildman–Crippen LogP) is 4.07. The van der Waals surface area contributed by atoms with E-state index in [0.29, 0.717) is 19.4 Å². The lowest BCUT2D eigenvalue weighted by Crippen LogP contribution is -2.17. The third-order valence-corrected chi connectivity index (χ3v) is 4.07. The molecule has 1 heterocycles. The summed E-state index contributed by atoms with van der Waals surface area (Å²) in [6.07, 6.45) is 0. The molecule has 0 radical (unpaired) electrons. The minimum Gasteiger partial charge on any atom is -0.306 e. The van der Waals surface area contributed by atoms with E-state index in [1.165, 1.54) is 12.1 Å². The molecule has 2 aromatic rings. The van der Waals surface area contributed by atoms with Crippen molar-refractivity contribution in [3.63, 3.8) is 0 Å². The molecule has 0 spiro atoms. The van der Waals surface area contributed by atoms with Crippen molar-refractivity contribution in [3.8, 4) is 11.4 Å². The average molecular weight is 437 g/mol. The van der Waals surface area contributed by atoms with Crippen molar-refractivity contribution in [1.82, 2.24) is 9.97 Å². The van der Waals surface area contributed by atoms with Gasteiger partial charge in [-0.15, -0.1) is 0 Å². The van der Waals surface area contributed by atoms with Crippen LogP contribution in [-0.4, -0.2) is 9.97 Å². The molecule has 0 fully saturated rings. The molecule has 2 rings (SSSR count). The molecule has 0 aliphatic carbocycles. The second-order valence-corrected chi connectivity index (χ2v) is 6.42. The van der Waals surface area contributed by atoms with Crippen LogP contribution in [0.3, 0.4) is 0 Å². The highest BCUT2D eigenvalue weighted by Gasteiger charge is 2.13. The number of nitrogens with one attached hydrogen (secondary N) is 1. The van der Waals surface area contributed by atoms with Gasteiger partial charge in [0.05, 0.1) is 9.26 Å². The fraction of sp³-hybridized carbons (Fsp3) is 0.231. The molecule has 3 nitrogen and oxygen atoms in total. The maximum Gasteiger partial charge on any atom is 0.264 e. The summed E-state index contributed by atoms with van der Waals surface area (Å²) in [4.78, 5) is 19.0. The number of aromatic nitrogens is 2. The van der Waals surface area contributed by atoms with Crippen molar-refractivity contribution < 1.29 is 4.39 Å². The summed E-state index contributed by atoms with van der Waals surface area (Å²) < 4.78 is 14.6. The summed E-state index contributed by atoms with van der Waals surface area (Å²) in [5.41, 5.74) is 1.07. The summed E-state index contributed by atoms with van der Waals surface area (Å²) in [6.45, 7) is 3.93. The standard InChI is InChI=1S/C13H11BrFIN2O/c1-6(2)11-10(16)13(19)18-12(17-11)7-3-8(14)5-9(15)4-7/h3-6H,1-2H3,(H,17,18,19). The van der Waals surface area contributed by atoms with Gasteiger partial charge in [-0.2, -0.15) is 0 Å². The third kappa shape index (κ3) is 3.22. The number of hydrogen-bond donors (Lipinski definition) is 1. The minimum absolute atomic E-state index is 0.130. The first kappa shape index (κ1) is 14.6. The van der Waals surface area contributed by atoms with Gasteiger partial charge in [-0.05, 0) is 46.7 Å². The SMILES string of the molecule is CC(C)c1nc(-c2cc(F)cc(Br)c2)[nH]c(=O)c1I. The van der Waals surface area contributed by atoms with E-state index in [2.05, 4.69) is 25.9 Å². The number of aromatic amines is 1. The van der Waals surface area contributed by atoms with Crippen molar-refractivity contribution in [1.29, 1.82) is 0 Å². The Balaban J connectivity index is 2.66. The minimum atomic E-state index is -0.378. The van der Waals surface area contributed by atoms with Crippen LogP contribution in [0.4, 0.5) is 4.39 Å². The van der Waals surface area contributed by atoms with Gasteiger partial charge in [0.1, 0.15) is 11.6 Å². The van der Waals surface area contributed by atoms with Gasteiger partial charge in [0.15, 0.2) is 0 Å². The highest BCUT2D eigenvalue weighted by Crippen LogP contribution is 2.24. The van der Waals surface area contributed by atoms with Crippen molar-refractivity contribution in [3.05, 3.63) is 48.1 Å². The number of H-pyrrole nitrogens is 1. The lowest BCUT2D eigenvalue weighted by molar-refractivity contribution is 0.627. The van der Waals surface area contributed by atoms with Crippen molar-refractivity contribution in [2.75, 3.05) is 0 Å². The molecule has 0 bridgehead atoms. The molecule has 0 saturated heterocycles. The number of hydrogen-bond acceptors (Lipinski definition) is 2. The van der Waals surface area contributed by atoms with Crippen LogP contribution in [0.1, 0.15) is 25.5 Å². The van der Waals surface area contributed by atoms with Crippen LogP contribution in [0, 0.1) is 9.39 Å². The Kier molecular flexibility index (Phi) is 4.39. The Morgan fingerprint density at radius 2 is 2.05 bits per heavy atom. The largest absolute Gasteiger partial charge is 0.306 e. The smallest absolute Gasteiger partial charge is 0.264 e. The quantitative estimate of drug-likeness (QED) is 0.721. The number of rotatable bonds is 2. The van der Waals surface area contributed by atoms with Gasteiger partial charge in [-0.3, -0.25) is 4.79 Å². The Morgan fingerprint density at radius 1 is 1.37 bits per heavy atom. The molecule has 0 unspecified atom stereocenters. The highest BCUT2D eigenvalue weighted by molar-refractivity contribution is 14.1. The Labute approximate surface area is 131 Å². The van der Waals surface area contributed by atoms with Crippen LogP contribution in [-0.2, 0) is 0 Å². The normalized spacial score (nSPS) is 11.1. The van der Waals surface area contributed by atoms with Gasteiger partial charge in [0.25, 0.3) is 5.56 Å². The molecule has 1 N–H and O–H groups in total. The van der Waals surface area contributed by atoms with Gasteiger partial charge < -0.3 is 4.98 Å². The predicted molar refractivity (Wildman–Crippen MR) is 84.8 cm³/mol. The second-order valence-electron chi connectivity index (χ2n) is 4.43. The van der Waals surface area contributed by atoms with Crippen LogP contribution in [0.15, 0.2) is 27.5 Å². The highest BCUT2D eigenvalue weighted by atomic mass is 127. The monoisotopic (exact) mass is 436 g/mol. The van der Waals surface area contributed by atoms with Crippen LogP contribution in [0.25, 0.3) is 11.4 Å². The molecule has 0 aliphatic heterocycles. The number of benzene rings is 1. The first-order chi connectivity index (χ1) is 8.88. The fourth-order valence-corrected chi connectivity index (χ4v) is 3.03. The molecule has 0 amide bonds. The van der Waals surface area contributed by atoms with Gasteiger partial charge >= 0.3 is 0 Å². The lowest BCUT2D eigenvalue weighted by Gasteiger charge is -2.09. The number of nitrogens with zero attached hydrogens (tertiary/aromatic N) is 1. The van der Waals surface area contributed by atoms with Crippen LogP contribution >= 0.6 is 38.5 Å². The Hall–Kier alpha value is -0.760. The van der Waals surface area contributed by atoms with Crippen molar-refractivity contribution in [2.45, 2.75) is 19.8 Å². The molecule has 0 atom stereocenters. The molecule has 0 saturated carbocycles. The molecule has 0 aliphatic rings. The molecular formula is C13H11BrFIN2O.